The summed E-state index contributed by atoms with van der Waals surface area (Å²) in [5.74, 6) is 0. The summed E-state index contributed by atoms with van der Waals surface area (Å²) in [5, 5.41) is 2.52. The van der Waals surface area contributed by atoms with E-state index < -0.39 is 0 Å². The molecule has 0 saturated carbocycles. The van der Waals surface area contributed by atoms with E-state index in [0.29, 0.717) is 0 Å². The first-order chi connectivity index (χ1) is 10.1. The second kappa shape index (κ2) is 6.00. The maximum atomic E-state index is 6.53. The summed E-state index contributed by atoms with van der Waals surface area (Å²) in [6.07, 6.45) is 0.842. The number of benzene rings is 3. The summed E-state index contributed by atoms with van der Waals surface area (Å²) in [5.41, 5.74) is 10.3. The average molecular weight is 340 g/mol. The molecule has 0 aromatic heterocycles. The van der Waals surface area contributed by atoms with E-state index in [1.807, 2.05) is 6.07 Å². The summed E-state index contributed by atoms with van der Waals surface area (Å²) in [6.45, 7) is 2.14. The molecule has 0 aliphatic heterocycles. The molecule has 1 unspecified atom stereocenters. The van der Waals surface area contributed by atoms with Crippen molar-refractivity contribution in [1.29, 1.82) is 0 Å². The fourth-order valence-corrected chi connectivity index (χ4v) is 3.36. The average Bonchev–Trinajstić information content (AvgIpc) is 2.47. The second-order valence-corrected chi connectivity index (χ2v) is 6.37. The van der Waals surface area contributed by atoms with Crippen molar-refractivity contribution in [2.45, 2.75) is 19.4 Å². The number of hydrogen-bond acceptors (Lipinski definition) is 1. The highest BCUT2D eigenvalue weighted by atomic mass is 79.9. The minimum Gasteiger partial charge on any atom is -0.324 e. The maximum Gasteiger partial charge on any atom is 0.0344 e. The Morgan fingerprint density at radius 3 is 2.62 bits per heavy atom. The van der Waals surface area contributed by atoms with Crippen LogP contribution >= 0.6 is 15.9 Å². The summed E-state index contributed by atoms with van der Waals surface area (Å²) >= 11 is 3.52. The zero-order valence-corrected chi connectivity index (χ0v) is 13.6. The van der Waals surface area contributed by atoms with Crippen LogP contribution in [0, 0.1) is 6.92 Å². The van der Waals surface area contributed by atoms with Crippen molar-refractivity contribution in [3.05, 3.63) is 81.8 Å². The maximum absolute atomic E-state index is 6.53. The number of aryl methyl sites for hydroxylation is 1. The number of nitrogens with two attached hydrogens (primary N) is 1. The Balaban J connectivity index is 2.01. The third-order valence-electron chi connectivity index (χ3n) is 3.90. The third-order valence-corrected chi connectivity index (χ3v) is 4.40. The van der Waals surface area contributed by atoms with Gasteiger partial charge in [0.25, 0.3) is 0 Å². The molecule has 0 saturated heterocycles. The molecule has 0 aliphatic carbocycles. The molecule has 0 aliphatic rings. The Bertz CT molecular complexity index is 779. The predicted molar refractivity (Wildman–Crippen MR) is 93.5 cm³/mol. The van der Waals surface area contributed by atoms with Gasteiger partial charge in [-0.05, 0) is 52.9 Å². The highest BCUT2D eigenvalue weighted by Crippen LogP contribution is 2.29. The topological polar surface area (TPSA) is 26.0 Å². The minimum atomic E-state index is 0.00500. The van der Waals surface area contributed by atoms with E-state index in [1.54, 1.807) is 0 Å². The lowest BCUT2D eigenvalue weighted by Gasteiger charge is -2.18. The van der Waals surface area contributed by atoms with Crippen molar-refractivity contribution in [3.63, 3.8) is 0 Å². The molecule has 0 bridgehead atoms. The number of rotatable bonds is 3. The Labute approximate surface area is 133 Å². The van der Waals surface area contributed by atoms with Gasteiger partial charge in [-0.1, -0.05) is 64.5 Å². The zero-order chi connectivity index (χ0) is 14.8. The molecule has 106 valence electrons. The number of hydrogen-bond donors (Lipinski definition) is 1. The largest absolute Gasteiger partial charge is 0.324 e. The van der Waals surface area contributed by atoms with Crippen molar-refractivity contribution in [1.82, 2.24) is 0 Å². The lowest BCUT2D eigenvalue weighted by atomic mass is 9.91. The van der Waals surface area contributed by atoms with Gasteiger partial charge < -0.3 is 5.73 Å². The standard InChI is InChI=1S/C19H18BrN/c1-13-9-10-15-6-2-3-8-17(15)19(13)18(21)12-14-5-4-7-16(20)11-14/h2-11,18H,12,21H2,1H3. The molecule has 0 fully saturated rings. The Kier molecular flexibility index (Phi) is 4.09. The molecule has 1 atom stereocenters. The van der Waals surface area contributed by atoms with Crippen LogP contribution in [0.5, 0.6) is 0 Å². The normalized spacial score (nSPS) is 12.5. The Morgan fingerprint density at radius 2 is 1.81 bits per heavy atom. The summed E-state index contributed by atoms with van der Waals surface area (Å²) in [4.78, 5) is 0. The molecule has 3 rings (SSSR count). The monoisotopic (exact) mass is 339 g/mol. The SMILES string of the molecule is Cc1ccc2ccccc2c1C(N)Cc1cccc(Br)c1. The van der Waals surface area contributed by atoms with Gasteiger partial charge >= 0.3 is 0 Å². The van der Waals surface area contributed by atoms with Crippen molar-refractivity contribution in [3.8, 4) is 0 Å². The smallest absolute Gasteiger partial charge is 0.0344 e. The van der Waals surface area contributed by atoms with E-state index in [1.165, 1.54) is 27.5 Å². The molecule has 3 aromatic rings. The predicted octanol–water partition coefficient (Wildman–Crippen LogP) is 5.15. The molecular formula is C19H18BrN. The molecule has 2 heteroatoms. The molecule has 2 N–H and O–H groups in total. The fourth-order valence-electron chi connectivity index (χ4n) is 2.92. The third kappa shape index (κ3) is 3.02. The Morgan fingerprint density at radius 1 is 1.00 bits per heavy atom. The van der Waals surface area contributed by atoms with Crippen LogP contribution < -0.4 is 5.73 Å². The van der Waals surface area contributed by atoms with Crippen LogP contribution in [-0.4, -0.2) is 0 Å². The van der Waals surface area contributed by atoms with Gasteiger partial charge in [-0.25, -0.2) is 0 Å². The molecule has 3 aromatic carbocycles. The van der Waals surface area contributed by atoms with E-state index >= 15 is 0 Å². The van der Waals surface area contributed by atoms with Crippen LogP contribution in [-0.2, 0) is 6.42 Å². The van der Waals surface area contributed by atoms with E-state index in [4.69, 9.17) is 5.73 Å². The quantitative estimate of drug-likeness (QED) is 0.701. The van der Waals surface area contributed by atoms with Crippen LogP contribution in [0.25, 0.3) is 10.8 Å². The second-order valence-electron chi connectivity index (χ2n) is 5.46. The van der Waals surface area contributed by atoms with E-state index in [9.17, 15) is 0 Å². The first-order valence-electron chi connectivity index (χ1n) is 7.13. The van der Waals surface area contributed by atoms with Crippen molar-refractivity contribution in [2.75, 3.05) is 0 Å². The summed E-state index contributed by atoms with van der Waals surface area (Å²) < 4.78 is 1.10. The molecule has 21 heavy (non-hydrogen) atoms. The van der Waals surface area contributed by atoms with Gasteiger partial charge in [0.05, 0.1) is 0 Å². The zero-order valence-electron chi connectivity index (χ0n) is 12.0. The molecule has 1 nitrogen and oxygen atoms in total. The van der Waals surface area contributed by atoms with Gasteiger partial charge in [-0.15, -0.1) is 0 Å². The highest BCUT2D eigenvalue weighted by molar-refractivity contribution is 9.10. The number of fused-ring (bicyclic) bond motifs is 1. The molecular weight excluding hydrogens is 322 g/mol. The van der Waals surface area contributed by atoms with E-state index in [0.717, 1.165) is 10.9 Å². The van der Waals surface area contributed by atoms with Crippen LogP contribution in [0.2, 0.25) is 0 Å². The van der Waals surface area contributed by atoms with E-state index in [2.05, 4.69) is 77.5 Å². The minimum absolute atomic E-state index is 0.00500. The van der Waals surface area contributed by atoms with Crippen molar-refractivity contribution < 1.29 is 0 Å². The highest BCUT2D eigenvalue weighted by Gasteiger charge is 2.13. The van der Waals surface area contributed by atoms with Gasteiger partial charge in [0, 0.05) is 10.5 Å². The first-order valence-corrected chi connectivity index (χ1v) is 7.93. The van der Waals surface area contributed by atoms with Crippen LogP contribution in [0.1, 0.15) is 22.7 Å². The Hall–Kier alpha value is -1.64. The van der Waals surface area contributed by atoms with Gasteiger partial charge in [0.2, 0.25) is 0 Å². The van der Waals surface area contributed by atoms with Crippen molar-refractivity contribution in [2.24, 2.45) is 5.73 Å². The lowest BCUT2D eigenvalue weighted by Crippen LogP contribution is -2.15. The fraction of sp³-hybridized carbons (Fsp3) is 0.158. The van der Waals surface area contributed by atoms with Crippen LogP contribution in [0.3, 0.4) is 0 Å². The van der Waals surface area contributed by atoms with Gasteiger partial charge in [0.1, 0.15) is 0 Å². The van der Waals surface area contributed by atoms with E-state index in [-0.39, 0.29) is 6.04 Å². The lowest BCUT2D eigenvalue weighted by molar-refractivity contribution is 0.723. The van der Waals surface area contributed by atoms with Crippen LogP contribution in [0.15, 0.2) is 65.1 Å². The number of halogens is 1. The van der Waals surface area contributed by atoms with Crippen molar-refractivity contribution >= 4 is 26.7 Å². The summed E-state index contributed by atoms with van der Waals surface area (Å²) in [7, 11) is 0. The van der Waals surface area contributed by atoms with Crippen LogP contribution in [0.4, 0.5) is 0 Å². The first kappa shape index (κ1) is 14.3. The van der Waals surface area contributed by atoms with Gasteiger partial charge in [0.15, 0.2) is 0 Å². The molecule has 0 radical (unpaired) electrons. The molecule has 0 amide bonds. The van der Waals surface area contributed by atoms with Gasteiger partial charge in [-0.2, -0.15) is 0 Å². The summed E-state index contributed by atoms with van der Waals surface area (Å²) in [6, 6.07) is 21.2. The molecule has 0 heterocycles. The van der Waals surface area contributed by atoms with Gasteiger partial charge in [-0.3, -0.25) is 0 Å². The molecule has 0 spiro atoms.